The summed E-state index contributed by atoms with van der Waals surface area (Å²) in [6.07, 6.45) is 0. The molecule has 192 valence electrons. The predicted molar refractivity (Wildman–Crippen MR) is 137 cm³/mol. The second kappa shape index (κ2) is 11.9. The molecule has 0 unspecified atom stereocenters. The Bertz CT molecular complexity index is 1330. The van der Waals surface area contributed by atoms with Crippen molar-refractivity contribution in [3.05, 3.63) is 71.2 Å². The minimum atomic E-state index is -4.27. The van der Waals surface area contributed by atoms with E-state index in [4.69, 9.17) is 30.5 Å². The number of nitrogens with zero attached hydrogens (tertiary/aromatic N) is 1. The van der Waals surface area contributed by atoms with Gasteiger partial charge in [0.1, 0.15) is 18.0 Å². The number of nitrogens with one attached hydrogen (secondary N) is 1. The summed E-state index contributed by atoms with van der Waals surface area (Å²) in [7, 11) is 1.52. The maximum absolute atomic E-state index is 13.8. The first kappa shape index (κ1) is 27.0. The molecule has 3 aromatic carbocycles. The molecule has 0 heterocycles. The van der Waals surface area contributed by atoms with Crippen LogP contribution in [0.25, 0.3) is 0 Å². The molecule has 3 aromatic rings. The second-order valence-corrected chi connectivity index (χ2v) is 9.77. The number of hydrogen-bond donors (Lipinski definition) is 1. The average molecular weight is 535 g/mol. The fourth-order valence-corrected chi connectivity index (χ4v) is 5.04. The molecule has 0 bridgehead atoms. The van der Waals surface area contributed by atoms with Gasteiger partial charge in [0.2, 0.25) is 5.91 Å². The SMILES string of the molecule is COc1cccc(CNC(=O)CN(c2cc(Cl)ccc2OC)S(=O)(=O)c2ccc(OC)c(OC)c2)c1. The van der Waals surface area contributed by atoms with Gasteiger partial charge in [-0.05, 0) is 48.0 Å². The van der Waals surface area contributed by atoms with Crippen molar-refractivity contribution in [2.45, 2.75) is 11.4 Å². The maximum atomic E-state index is 13.8. The van der Waals surface area contributed by atoms with Crippen LogP contribution in [0.3, 0.4) is 0 Å². The third kappa shape index (κ3) is 6.13. The van der Waals surface area contributed by atoms with E-state index in [1.54, 1.807) is 31.4 Å². The number of benzene rings is 3. The number of methoxy groups -OCH3 is 4. The number of halogens is 1. The van der Waals surface area contributed by atoms with Crippen molar-refractivity contribution in [1.29, 1.82) is 0 Å². The Balaban J connectivity index is 1.98. The molecule has 0 atom stereocenters. The molecule has 3 rings (SSSR count). The fraction of sp³-hybridized carbons (Fsp3) is 0.240. The van der Waals surface area contributed by atoms with Crippen molar-refractivity contribution in [1.82, 2.24) is 5.32 Å². The molecular weight excluding hydrogens is 508 g/mol. The van der Waals surface area contributed by atoms with Crippen molar-refractivity contribution in [3.8, 4) is 23.0 Å². The molecule has 36 heavy (non-hydrogen) atoms. The summed E-state index contributed by atoms with van der Waals surface area (Å²) in [6.45, 7) is -0.357. The third-order valence-electron chi connectivity index (χ3n) is 5.26. The number of hydrogen-bond acceptors (Lipinski definition) is 7. The lowest BCUT2D eigenvalue weighted by Gasteiger charge is -2.26. The van der Waals surface area contributed by atoms with Crippen LogP contribution in [0.2, 0.25) is 5.02 Å². The minimum Gasteiger partial charge on any atom is -0.497 e. The van der Waals surface area contributed by atoms with Crippen LogP contribution in [0, 0.1) is 0 Å². The first-order valence-electron chi connectivity index (χ1n) is 10.7. The molecule has 0 saturated carbocycles. The predicted octanol–water partition coefficient (Wildman–Crippen LogP) is 3.89. The molecule has 0 saturated heterocycles. The average Bonchev–Trinajstić information content (AvgIpc) is 2.90. The van der Waals surface area contributed by atoms with Gasteiger partial charge < -0.3 is 24.3 Å². The van der Waals surface area contributed by atoms with Crippen LogP contribution >= 0.6 is 11.6 Å². The van der Waals surface area contributed by atoms with Crippen molar-refractivity contribution in [2.75, 3.05) is 39.3 Å². The molecule has 9 nitrogen and oxygen atoms in total. The van der Waals surface area contributed by atoms with Crippen LogP contribution in [0.15, 0.2) is 65.6 Å². The Kier molecular flexibility index (Phi) is 8.89. The molecule has 0 aromatic heterocycles. The minimum absolute atomic E-state index is 0.108. The zero-order valence-electron chi connectivity index (χ0n) is 20.3. The van der Waals surface area contributed by atoms with E-state index in [1.807, 2.05) is 6.07 Å². The van der Waals surface area contributed by atoms with E-state index in [0.717, 1.165) is 9.87 Å². The summed E-state index contributed by atoms with van der Waals surface area (Å²) in [4.78, 5) is 12.9. The molecule has 1 amide bonds. The summed E-state index contributed by atoms with van der Waals surface area (Å²) in [5, 5.41) is 3.02. The number of carbonyl (C=O) groups excluding carboxylic acids is 1. The molecule has 0 aliphatic carbocycles. The number of anilines is 1. The van der Waals surface area contributed by atoms with Gasteiger partial charge in [-0.15, -0.1) is 0 Å². The first-order valence-corrected chi connectivity index (χ1v) is 12.5. The molecule has 0 fully saturated rings. The number of carbonyl (C=O) groups is 1. The van der Waals surface area contributed by atoms with E-state index in [0.29, 0.717) is 11.5 Å². The topological polar surface area (TPSA) is 103 Å². The highest BCUT2D eigenvalue weighted by molar-refractivity contribution is 7.92. The van der Waals surface area contributed by atoms with Crippen LogP contribution in [0.5, 0.6) is 23.0 Å². The van der Waals surface area contributed by atoms with Crippen LogP contribution < -0.4 is 28.6 Å². The fourth-order valence-electron chi connectivity index (χ4n) is 3.43. The molecule has 1 N–H and O–H groups in total. The van der Waals surface area contributed by atoms with Crippen molar-refractivity contribution >= 4 is 33.2 Å². The molecule has 0 aliphatic rings. The summed E-state index contributed by atoms with van der Waals surface area (Å²) < 4.78 is 49.6. The van der Waals surface area contributed by atoms with Gasteiger partial charge in [-0.25, -0.2) is 8.42 Å². The molecule has 0 radical (unpaired) electrons. The summed E-state index contributed by atoms with van der Waals surface area (Å²) >= 11 is 6.18. The number of amides is 1. The van der Waals surface area contributed by atoms with E-state index in [-0.39, 0.29) is 33.6 Å². The summed E-state index contributed by atoms with van der Waals surface area (Å²) in [5.74, 6) is 0.912. The van der Waals surface area contributed by atoms with E-state index in [2.05, 4.69) is 5.32 Å². The van der Waals surface area contributed by atoms with Crippen molar-refractivity contribution in [3.63, 3.8) is 0 Å². The molecule has 0 spiro atoms. The van der Waals surface area contributed by atoms with Gasteiger partial charge in [0.25, 0.3) is 10.0 Å². The Morgan fingerprint density at radius 2 is 1.56 bits per heavy atom. The summed E-state index contributed by atoms with van der Waals surface area (Å²) in [5.41, 5.74) is 0.897. The normalized spacial score (nSPS) is 10.9. The maximum Gasteiger partial charge on any atom is 0.265 e. The Hall–Kier alpha value is -3.63. The van der Waals surface area contributed by atoms with Gasteiger partial charge in [-0.3, -0.25) is 9.10 Å². The lowest BCUT2D eigenvalue weighted by atomic mass is 10.2. The van der Waals surface area contributed by atoms with Crippen LogP contribution in [-0.4, -0.2) is 49.3 Å². The largest absolute Gasteiger partial charge is 0.497 e. The highest BCUT2D eigenvalue weighted by atomic mass is 35.5. The zero-order valence-corrected chi connectivity index (χ0v) is 21.9. The molecule has 0 aliphatic heterocycles. The monoisotopic (exact) mass is 534 g/mol. The standard InChI is InChI=1S/C25H27ClN2O7S/c1-32-19-7-5-6-17(12-19)15-27-25(29)16-28(21-13-18(26)8-10-22(21)33-2)36(30,31)20-9-11-23(34-3)24(14-20)35-4/h5-14H,15-16H2,1-4H3,(H,27,29). The third-order valence-corrected chi connectivity index (χ3v) is 7.25. The first-order chi connectivity index (χ1) is 17.2. The van der Waals surface area contributed by atoms with Crippen molar-refractivity contribution < 1.29 is 32.2 Å². The highest BCUT2D eigenvalue weighted by Gasteiger charge is 2.30. The van der Waals surface area contributed by atoms with E-state index >= 15 is 0 Å². The van der Waals surface area contributed by atoms with Gasteiger partial charge in [0, 0.05) is 17.6 Å². The van der Waals surface area contributed by atoms with Crippen LogP contribution in [-0.2, 0) is 21.4 Å². The number of ether oxygens (including phenoxy) is 4. The van der Waals surface area contributed by atoms with E-state index in [1.165, 1.54) is 51.7 Å². The number of rotatable bonds is 11. The smallest absolute Gasteiger partial charge is 0.265 e. The van der Waals surface area contributed by atoms with Gasteiger partial charge in [0.05, 0.1) is 39.0 Å². The van der Waals surface area contributed by atoms with Gasteiger partial charge in [-0.2, -0.15) is 0 Å². The Morgan fingerprint density at radius 1 is 0.861 bits per heavy atom. The summed E-state index contributed by atoms with van der Waals surface area (Å²) in [6, 6.07) is 15.9. The number of sulfonamides is 1. The Morgan fingerprint density at radius 3 is 2.22 bits per heavy atom. The van der Waals surface area contributed by atoms with Gasteiger partial charge in [0.15, 0.2) is 11.5 Å². The van der Waals surface area contributed by atoms with Gasteiger partial charge in [-0.1, -0.05) is 23.7 Å². The van der Waals surface area contributed by atoms with Crippen molar-refractivity contribution in [2.24, 2.45) is 0 Å². The van der Waals surface area contributed by atoms with E-state index < -0.39 is 22.5 Å². The Labute approximate surface area is 215 Å². The second-order valence-electron chi connectivity index (χ2n) is 7.47. The quantitative estimate of drug-likeness (QED) is 0.398. The molecular formula is C25H27ClN2O7S. The lowest BCUT2D eigenvalue weighted by Crippen LogP contribution is -2.40. The van der Waals surface area contributed by atoms with Crippen LogP contribution in [0.1, 0.15) is 5.56 Å². The zero-order chi connectivity index (χ0) is 26.3. The lowest BCUT2D eigenvalue weighted by molar-refractivity contribution is -0.119. The van der Waals surface area contributed by atoms with Gasteiger partial charge >= 0.3 is 0 Å². The highest BCUT2D eigenvalue weighted by Crippen LogP contribution is 2.37. The van der Waals surface area contributed by atoms with Crippen LogP contribution in [0.4, 0.5) is 5.69 Å². The molecule has 11 heteroatoms. The van der Waals surface area contributed by atoms with E-state index in [9.17, 15) is 13.2 Å².